The summed E-state index contributed by atoms with van der Waals surface area (Å²) in [7, 11) is 0. The highest BCUT2D eigenvalue weighted by atomic mass is 35.5. The smallest absolute Gasteiger partial charge is 0.222 e. The molecule has 0 aliphatic carbocycles. The van der Waals surface area contributed by atoms with Gasteiger partial charge < -0.3 is 9.47 Å². The van der Waals surface area contributed by atoms with Gasteiger partial charge in [-0.2, -0.15) is 0 Å². The van der Waals surface area contributed by atoms with E-state index < -0.39 is 0 Å². The Labute approximate surface area is 182 Å². The number of morpholine rings is 1. The SMILES string of the molecule is CC(C)c1cccc(Cl)c1COc1ccc(C2CN(CCC(=O)Cl)CCO2)cc1. The number of nitrogens with zero attached hydrogens (tertiary/aromatic N) is 1. The molecule has 1 aliphatic rings. The van der Waals surface area contributed by atoms with E-state index in [1.54, 1.807) is 0 Å². The quantitative estimate of drug-likeness (QED) is 0.507. The molecule has 29 heavy (non-hydrogen) atoms. The molecule has 1 aliphatic heterocycles. The highest BCUT2D eigenvalue weighted by Crippen LogP contribution is 2.29. The van der Waals surface area contributed by atoms with Crippen molar-refractivity contribution in [2.75, 3.05) is 26.2 Å². The maximum Gasteiger partial charge on any atom is 0.222 e. The summed E-state index contributed by atoms with van der Waals surface area (Å²) in [5, 5.41) is 0.438. The van der Waals surface area contributed by atoms with Crippen LogP contribution in [0.15, 0.2) is 42.5 Å². The van der Waals surface area contributed by atoms with Gasteiger partial charge in [-0.1, -0.05) is 49.7 Å². The summed E-state index contributed by atoms with van der Waals surface area (Å²) in [5.74, 6) is 1.18. The van der Waals surface area contributed by atoms with Crippen molar-refractivity contribution < 1.29 is 14.3 Å². The standard InChI is InChI=1S/C23H27Cl2NO3/c1-16(2)19-4-3-5-21(24)20(19)15-29-18-8-6-17(7-9-18)22-14-26(12-13-28-22)11-10-23(25)27/h3-9,16,22H,10-15H2,1-2H3. The molecule has 1 unspecified atom stereocenters. The summed E-state index contributed by atoms with van der Waals surface area (Å²) in [5.41, 5.74) is 3.34. The first kappa shape index (κ1) is 22.1. The van der Waals surface area contributed by atoms with E-state index in [1.165, 1.54) is 5.56 Å². The highest BCUT2D eigenvalue weighted by molar-refractivity contribution is 6.63. The average molecular weight is 436 g/mol. The maximum atomic E-state index is 11.0. The molecule has 3 rings (SSSR count). The zero-order valence-corrected chi connectivity index (χ0v) is 18.4. The van der Waals surface area contributed by atoms with E-state index in [9.17, 15) is 4.79 Å². The van der Waals surface area contributed by atoms with Gasteiger partial charge in [-0.05, 0) is 46.8 Å². The molecule has 1 atom stereocenters. The monoisotopic (exact) mass is 435 g/mol. The van der Waals surface area contributed by atoms with Gasteiger partial charge in [0.25, 0.3) is 0 Å². The second kappa shape index (κ2) is 10.4. The Morgan fingerprint density at radius 1 is 1.24 bits per heavy atom. The summed E-state index contributed by atoms with van der Waals surface area (Å²) in [4.78, 5) is 13.2. The Bertz CT molecular complexity index is 823. The van der Waals surface area contributed by atoms with Gasteiger partial charge in [-0.3, -0.25) is 9.69 Å². The first-order valence-corrected chi connectivity index (χ1v) is 10.7. The van der Waals surface area contributed by atoms with Crippen molar-refractivity contribution in [3.63, 3.8) is 0 Å². The molecule has 1 fully saturated rings. The van der Waals surface area contributed by atoms with E-state index >= 15 is 0 Å². The van der Waals surface area contributed by atoms with Crippen molar-refractivity contribution in [1.29, 1.82) is 0 Å². The molecule has 0 spiro atoms. The molecular weight excluding hydrogens is 409 g/mol. The Hall–Kier alpha value is -1.59. The van der Waals surface area contributed by atoms with Crippen molar-refractivity contribution in [1.82, 2.24) is 4.90 Å². The Morgan fingerprint density at radius 2 is 2.00 bits per heavy atom. The summed E-state index contributed by atoms with van der Waals surface area (Å²) < 4.78 is 11.9. The van der Waals surface area contributed by atoms with Gasteiger partial charge in [-0.15, -0.1) is 0 Å². The summed E-state index contributed by atoms with van der Waals surface area (Å²) >= 11 is 11.9. The maximum absolute atomic E-state index is 11.0. The Morgan fingerprint density at radius 3 is 2.69 bits per heavy atom. The molecule has 0 N–H and O–H groups in total. The second-order valence-electron chi connectivity index (χ2n) is 7.59. The summed E-state index contributed by atoms with van der Waals surface area (Å²) in [6, 6.07) is 14.0. The van der Waals surface area contributed by atoms with Crippen molar-refractivity contribution in [2.45, 2.75) is 38.9 Å². The van der Waals surface area contributed by atoms with Crippen LogP contribution >= 0.6 is 23.2 Å². The predicted molar refractivity (Wildman–Crippen MR) is 117 cm³/mol. The van der Waals surface area contributed by atoms with E-state index in [0.717, 1.165) is 35.0 Å². The van der Waals surface area contributed by atoms with Crippen LogP contribution in [0.4, 0.5) is 0 Å². The number of hydrogen-bond acceptors (Lipinski definition) is 4. The molecule has 0 bridgehead atoms. The zero-order valence-electron chi connectivity index (χ0n) is 16.9. The van der Waals surface area contributed by atoms with Crippen LogP contribution in [0, 0.1) is 0 Å². The van der Waals surface area contributed by atoms with Gasteiger partial charge in [0.1, 0.15) is 12.4 Å². The van der Waals surface area contributed by atoms with Gasteiger partial charge in [0.15, 0.2) is 0 Å². The fraction of sp³-hybridized carbons (Fsp3) is 0.435. The molecule has 6 heteroatoms. The van der Waals surface area contributed by atoms with Crippen LogP contribution in [-0.2, 0) is 16.1 Å². The molecule has 0 radical (unpaired) electrons. The molecule has 0 saturated carbocycles. The number of carbonyl (C=O) groups excluding carboxylic acids is 1. The Kier molecular flexibility index (Phi) is 7.96. The van der Waals surface area contributed by atoms with Crippen molar-refractivity contribution >= 4 is 28.4 Å². The molecule has 2 aromatic rings. The fourth-order valence-corrected chi connectivity index (χ4v) is 3.88. The number of carbonyl (C=O) groups is 1. The van der Waals surface area contributed by atoms with Crippen molar-refractivity contribution in [3.05, 3.63) is 64.2 Å². The minimum absolute atomic E-state index is 0.0145. The van der Waals surface area contributed by atoms with E-state index in [2.05, 4.69) is 24.8 Å². The Balaban J connectivity index is 1.60. The van der Waals surface area contributed by atoms with E-state index in [0.29, 0.717) is 32.1 Å². The lowest BCUT2D eigenvalue weighted by molar-refractivity contribution is -0.112. The largest absolute Gasteiger partial charge is 0.489 e. The van der Waals surface area contributed by atoms with Gasteiger partial charge >= 0.3 is 0 Å². The lowest BCUT2D eigenvalue weighted by Gasteiger charge is -2.32. The molecule has 0 amide bonds. The zero-order chi connectivity index (χ0) is 20.8. The number of hydrogen-bond donors (Lipinski definition) is 0. The molecular formula is C23H27Cl2NO3. The van der Waals surface area contributed by atoms with Crippen LogP contribution in [0.2, 0.25) is 5.02 Å². The van der Waals surface area contributed by atoms with Gasteiger partial charge in [0.05, 0.1) is 12.7 Å². The molecule has 4 nitrogen and oxygen atoms in total. The highest BCUT2D eigenvalue weighted by Gasteiger charge is 2.22. The first-order valence-electron chi connectivity index (χ1n) is 9.96. The molecule has 1 saturated heterocycles. The number of rotatable bonds is 8. The molecule has 1 heterocycles. The van der Waals surface area contributed by atoms with Crippen LogP contribution in [0.5, 0.6) is 5.75 Å². The number of halogens is 2. The number of ether oxygens (including phenoxy) is 2. The van der Waals surface area contributed by atoms with Gasteiger partial charge in [-0.25, -0.2) is 0 Å². The average Bonchev–Trinajstić information content (AvgIpc) is 2.71. The predicted octanol–water partition coefficient (Wildman–Crippen LogP) is 5.57. The third-order valence-electron chi connectivity index (χ3n) is 5.19. The fourth-order valence-electron chi connectivity index (χ4n) is 3.56. The van der Waals surface area contributed by atoms with Crippen LogP contribution < -0.4 is 4.74 Å². The van der Waals surface area contributed by atoms with Gasteiger partial charge in [0.2, 0.25) is 5.24 Å². The van der Waals surface area contributed by atoms with Crippen LogP contribution in [-0.4, -0.2) is 36.4 Å². The van der Waals surface area contributed by atoms with E-state index in [1.807, 2.05) is 36.4 Å². The van der Waals surface area contributed by atoms with Crippen LogP contribution in [0.1, 0.15) is 49.0 Å². The van der Waals surface area contributed by atoms with E-state index in [-0.39, 0.29) is 11.3 Å². The summed E-state index contributed by atoms with van der Waals surface area (Å²) in [6.07, 6.45) is 0.348. The third-order valence-corrected chi connectivity index (χ3v) is 5.73. The number of benzene rings is 2. The lowest BCUT2D eigenvalue weighted by Crippen LogP contribution is -2.39. The first-order chi connectivity index (χ1) is 13.9. The molecule has 156 valence electrons. The molecule has 2 aromatic carbocycles. The minimum atomic E-state index is -0.298. The lowest BCUT2D eigenvalue weighted by atomic mass is 9.97. The normalized spacial score (nSPS) is 17.5. The topological polar surface area (TPSA) is 38.8 Å². The minimum Gasteiger partial charge on any atom is -0.489 e. The van der Waals surface area contributed by atoms with Gasteiger partial charge in [0, 0.05) is 36.6 Å². The van der Waals surface area contributed by atoms with Crippen LogP contribution in [0.3, 0.4) is 0 Å². The second-order valence-corrected chi connectivity index (χ2v) is 8.41. The van der Waals surface area contributed by atoms with Crippen LogP contribution in [0.25, 0.3) is 0 Å². The van der Waals surface area contributed by atoms with Crippen molar-refractivity contribution in [2.24, 2.45) is 0 Å². The summed E-state index contributed by atoms with van der Waals surface area (Å²) in [6.45, 7) is 7.62. The van der Waals surface area contributed by atoms with Crippen molar-refractivity contribution in [3.8, 4) is 5.75 Å². The third kappa shape index (κ3) is 6.19. The van der Waals surface area contributed by atoms with E-state index in [4.69, 9.17) is 32.7 Å². The molecule has 0 aromatic heterocycles.